The van der Waals surface area contributed by atoms with E-state index in [1.807, 2.05) is 18.2 Å². The molecule has 0 aliphatic carbocycles. The third-order valence-corrected chi connectivity index (χ3v) is 2.03. The van der Waals surface area contributed by atoms with Gasteiger partial charge in [0, 0.05) is 30.1 Å². The van der Waals surface area contributed by atoms with Crippen LogP contribution in [0.1, 0.15) is 17.4 Å². The molecule has 0 spiro atoms. The molecule has 2 aromatic heterocycles. The number of rotatable bonds is 3. The van der Waals surface area contributed by atoms with Gasteiger partial charge < -0.3 is 5.11 Å². The normalized spacial score (nSPS) is 12.6. The number of aromatic amines is 1. The number of pyridine rings is 1. The van der Waals surface area contributed by atoms with E-state index in [0.717, 1.165) is 11.3 Å². The first-order chi connectivity index (χ1) is 6.86. The van der Waals surface area contributed by atoms with Gasteiger partial charge >= 0.3 is 0 Å². The van der Waals surface area contributed by atoms with Crippen LogP contribution in [0.15, 0.2) is 36.8 Å². The summed E-state index contributed by atoms with van der Waals surface area (Å²) >= 11 is 0. The van der Waals surface area contributed by atoms with Crippen LogP contribution in [0.4, 0.5) is 0 Å². The van der Waals surface area contributed by atoms with Gasteiger partial charge in [0.25, 0.3) is 0 Å². The van der Waals surface area contributed by atoms with Crippen LogP contribution in [0.5, 0.6) is 0 Å². The van der Waals surface area contributed by atoms with Gasteiger partial charge in [-0.2, -0.15) is 5.10 Å². The molecule has 1 atom stereocenters. The van der Waals surface area contributed by atoms with Crippen molar-refractivity contribution >= 4 is 0 Å². The second kappa shape index (κ2) is 4.02. The quantitative estimate of drug-likeness (QED) is 0.759. The minimum absolute atomic E-state index is 0.514. The summed E-state index contributed by atoms with van der Waals surface area (Å²) in [6.45, 7) is 0. The highest BCUT2D eigenvalue weighted by Crippen LogP contribution is 2.14. The van der Waals surface area contributed by atoms with E-state index in [1.54, 1.807) is 18.6 Å². The summed E-state index contributed by atoms with van der Waals surface area (Å²) < 4.78 is 0. The Morgan fingerprint density at radius 1 is 1.43 bits per heavy atom. The molecule has 0 saturated carbocycles. The lowest BCUT2D eigenvalue weighted by Gasteiger charge is -2.06. The maximum Gasteiger partial charge on any atom is 0.0875 e. The number of aromatic nitrogens is 3. The Kier molecular flexibility index (Phi) is 2.55. The summed E-state index contributed by atoms with van der Waals surface area (Å²) in [5.41, 5.74) is 1.66. The van der Waals surface area contributed by atoms with Crippen LogP contribution < -0.4 is 0 Å². The van der Waals surface area contributed by atoms with Crippen LogP contribution in [0.3, 0.4) is 0 Å². The van der Waals surface area contributed by atoms with Gasteiger partial charge in [-0.15, -0.1) is 0 Å². The van der Waals surface area contributed by atoms with Crippen LogP contribution >= 0.6 is 0 Å². The average molecular weight is 189 g/mol. The molecule has 2 heterocycles. The van der Waals surface area contributed by atoms with Crippen molar-refractivity contribution in [3.63, 3.8) is 0 Å². The molecular weight excluding hydrogens is 178 g/mol. The summed E-state index contributed by atoms with van der Waals surface area (Å²) in [4.78, 5) is 4.14. The molecule has 72 valence electrons. The summed E-state index contributed by atoms with van der Waals surface area (Å²) in [6.07, 6.45) is 5.00. The highest BCUT2D eigenvalue weighted by atomic mass is 16.3. The molecule has 0 aliphatic rings. The number of nitrogens with one attached hydrogen (secondary N) is 1. The Balaban J connectivity index is 2.06. The lowest BCUT2D eigenvalue weighted by molar-refractivity contribution is 0.177. The molecule has 4 heteroatoms. The molecule has 0 saturated heterocycles. The van der Waals surface area contributed by atoms with Gasteiger partial charge in [-0.05, 0) is 12.1 Å². The van der Waals surface area contributed by atoms with Gasteiger partial charge in [0.05, 0.1) is 12.3 Å². The van der Waals surface area contributed by atoms with E-state index in [0.29, 0.717) is 6.42 Å². The van der Waals surface area contributed by atoms with Gasteiger partial charge in [-0.25, -0.2) is 0 Å². The van der Waals surface area contributed by atoms with Crippen molar-refractivity contribution in [1.82, 2.24) is 15.2 Å². The number of H-pyrrole nitrogens is 1. The summed E-state index contributed by atoms with van der Waals surface area (Å²) in [5, 5.41) is 16.2. The van der Waals surface area contributed by atoms with E-state index >= 15 is 0 Å². The zero-order valence-electron chi connectivity index (χ0n) is 7.59. The number of hydrogen-bond acceptors (Lipinski definition) is 3. The molecule has 0 fully saturated rings. The average Bonchev–Trinajstić information content (AvgIpc) is 2.72. The van der Waals surface area contributed by atoms with E-state index in [9.17, 15) is 5.11 Å². The first-order valence-electron chi connectivity index (χ1n) is 4.43. The lowest BCUT2D eigenvalue weighted by atomic mass is 10.1. The van der Waals surface area contributed by atoms with E-state index in [1.165, 1.54) is 0 Å². The minimum atomic E-state index is -0.538. The number of aliphatic hydroxyl groups excluding tert-OH is 1. The predicted molar refractivity (Wildman–Crippen MR) is 51.5 cm³/mol. The summed E-state index contributed by atoms with van der Waals surface area (Å²) in [5.74, 6) is 0. The van der Waals surface area contributed by atoms with Crippen LogP contribution in [0.2, 0.25) is 0 Å². The Bertz CT molecular complexity index is 372. The van der Waals surface area contributed by atoms with Gasteiger partial charge in [0.2, 0.25) is 0 Å². The highest BCUT2D eigenvalue weighted by Gasteiger charge is 2.09. The predicted octanol–water partition coefficient (Wildman–Crippen LogP) is 1.08. The third-order valence-electron chi connectivity index (χ3n) is 2.03. The van der Waals surface area contributed by atoms with Gasteiger partial charge in [0.1, 0.15) is 0 Å². The number of nitrogens with zero attached hydrogens (tertiary/aromatic N) is 2. The van der Waals surface area contributed by atoms with Gasteiger partial charge in [-0.1, -0.05) is 6.07 Å². The first-order valence-corrected chi connectivity index (χ1v) is 4.43. The Morgan fingerprint density at radius 2 is 2.36 bits per heavy atom. The number of aliphatic hydroxyl groups is 1. The molecule has 4 nitrogen and oxygen atoms in total. The van der Waals surface area contributed by atoms with Gasteiger partial charge in [0.15, 0.2) is 0 Å². The zero-order valence-corrected chi connectivity index (χ0v) is 7.59. The molecule has 1 unspecified atom stereocenters. The fourth-order valence-electron chi connectivity index (χ4n) is 1.28. The van der Waals surface area contributed by atoms with Crippen molar-refractivity contribution in [2.75, 3.05) is 0 Å². The first kappa shape index (κ1) is 8.90. The van der Waals surface area contributed by atoms with Crippen LogP contribution in [0.25, 0.3) is 0 Å². The standard InChI is InChI=1S/C10H11N3O/c14-10(8-6-12-13-7-8)5-9-3-1-2-4-11-9/h1-4,6-7,10,14H,5H2,(H,12,13). The van der Waals surface area contributed by atoms with Crippen LogP contribution in [-0.4, -0.2) is 20.3 Å². The maximum absolute atomic E-state index is 9.76. The molecule has 2 rings (SSSR count). The Hall–Kier alpha value is -1.68. The highest BCUT2D eigenvalue weighted by molar-refractivity contribution is 5.12. The minimum Gasteiger partial charge on any atom is -0.388 e. The zero-order chi connectivity index (χ0) is 9.80. The molecule has 2 N–H and O–H groups in total. The SMILES string of the molecule is OC(Cc1ccccn1)c1cn[nH]c1. The van der Waals surface area contributed by atoms with Crippen molar-refractivity contribution < 1.29 is 5.11 Å². The lowest BCUT2D eigenvalue weighted by Crippen LogP contribution is -2.01. The summed E-state index contributed by atoms with van der Waals surface area (Å²) in [6, 6.07) is 5.65. The third kappa shape index (κ3) is 1.97. The van der Waals surface area contributed by atoms with E-state index < -0.39 is 6.10 Å². The second-order valence-corrected chi connectivity index (χ2v) is 3.07. The topological polar surface area (TPSA) is 61.8 Å². The van der Waals surface area contributed by atoms with E-state index in [4.69, 9.17) is 0 Å². The molecule has 0 amide bonds. The fraction of sp³-hybridized carbons (Fsp3) is 0.200. The van der Waals surface area contributed by atoms with Crippen molar-refractivity contribution in [1.29, 1.82) is 0 Å². The molecule has 0 aromatic carbocycles. The van der Waals surface area contributed by atoms with Crippen LogP contribution in [-0.2, 0) is 6.42 Å². The maximum atomic E-state index is 9.76. The molecule has 0 aliphatic heterocycles. The smallest absolute Gasteiger partial charge is 0.0875 e. The largest absolute Gasteiger partial charge is 0.388 e. The van der Waals surface area contributed by atoms with E-state index in [2.05, 4.69) is 15.2 Å². The summed E-state index contributed by atoms with van der Waals surface area (Å²) in [7, 11) is 0. The number of hydrogen-bond donors (Lipinski definition) is 2. The fourth-order valence-corrected chi connectivity index (χ4v) is 1.28. The van der Waals surface area contributed by atoms with Crippen molar-refractivity contribution in [3.05, 3.63) is 48.0 Å². The Labute approximate surface area is 81.6 Å². The molecule has 0 radical (unpaired) electrons. The second-order valence-electron chi connectivity index (χ2n) is 3.07. The van der Waals surface area contributed by atoms with Crippen molar-refractivity contribution in [2.24, 2.45) is 0 Å². The molecule has 14 heavy (non-hydrogen) atoms. The monoisotopic (exact) mass is 189 g/mol. The molecular formula is C10H11N3O. The van der Waals surface area contributed by atoms with Gasteiger partial charge in [-0.3, -0.25) is 10.1 Å². The molecule has 0 bridgehead atoms. The Morgan fingerprint density at radius 3 is 3.00 bits per heavy atom. The van der Waals surface area contributed by atoms with Crippen molar-refractivity contribution in [3.8, 4) is 0 Å². The molecule has 2 aromatic rings. The van der Waals surface area contributed by atoms with Crippen LogP contribution in [0, 0.1) is 0 Å². The van der Waals surface area contributed by atoms with E-state index in [-0.39, 0.29) is 0 Å². The van der Waals surface area contributed by atoms with Crippen molar-refractivity contribution in [2.45, 2.75) is 12.5 Å².